The summed E-state index contributed by atoms with van der Waals surface area (Å²) in [5.41, 5.74) is 1.52. The predicted octanol–water partition coefficient (Wildman–Crippen LogP) is 4.72. The van der Waals surface area contributed by atoms with Gasteiger partial charge in [0.25, 0.3) is 0 Å². The van der Waals surface area contributed by atoms with Gasteiger partial charge in [-0.05, 0) is 68.1 Å². The fourth-order valence-electron chi connectivity index (χ4n) is 3.20. The van der Waals surface area contributed by atoms with Crippen LogP contribution in [0.15, 0.2) is 11.4 Å². The van der Waals surface area contributed by atoms with Gasteiger partial charge >= 0.3 is 0 Å². The van der Waals surface area contributed by atoms with E-state index in [0.717, 1.165) is 11.8 Å². The molecule has 0 aromatic carbocycles. The van der Waals surface area contributed by atoms with E-state index in [0.29, 0.717) is 0 Å². The SMILES string of the molecule is CCCNCC1CCCCCC1c1sccc1C. The first-order valence-corrected chi connectivity index (χ1v) is 8.45. The van der Waals surface area contributed by atoms with Crippen molar-refractivity contribution >= 4 is 11.3 Å². The van der Waals surface area contributed by atoms with Gasteiger partial charge in [-0.3, -0.25) is 0 Å². The Morgan fingerprint density at radius 3 is 2.83 bits per heavy atom. The molecule has 0 amide bonds. The summed E-state index contributed by atoms with van der Waals surface area (Å²) in [6.07, 6.45) is 8.35. The molecule has 0 bridgehead atoms. The third kappa shape index (κ3) is 3.58. The molecule has 1 nitrogen and oxygen atoms in total. The Bertz CT molecular complexity index is 345. The second kappa shape index (κ2) is 7.30. The molecule has 0 aliphatic heterocycles. The van der Waals surface area contributed by atoms with Gasteiger partial charge in [0.15, 0.2) is 0 Å². The molecule has 0 radical (unpaired) electrons. The molecule has 2 heteroatoms. The summed E-state index contributed by atoms with van der Waals surface area (Å²) in [7, 11) is 0. The van der Waals surface area contributed by atoms with Crippen molar-refractivity contribution in [2.45, 2.75) is 58.3 Å². The van der Waals surface area contributed by atoms with E-state index >= 15 is 0 Å². The van der Waals surface area contributed by atoms with Crippen LogP contribution in [0, 0.1) is 12.8 Å². The molecular formula is C16H27NS. The third-order valence-corrected chi connectivity index (χ3v) is 5.38. The Morgan fingerprint density at radius 1 is 1.28 bits per heavy atom. The Hall–Kier alpha value is -0.340. The predicted molar refractivity (Wildman–Crippen MR) is 81.5 cm³/mol. The van der Waals surface area contributed by atoms with Gasteiger partial charge in [0.05, 0.1) is 0 Å². The van der Waals surface area contributed by atoms with Crippen molar-refractivity contribution in [1.82, 2.24) is 5.32 Å². The molecular weight excluding hydrogens is 238 g/mol. The number of hydrogen-bond donors (Lipinski definition) is 1. The van der Waals surface area contributed by atoms with E-state index in [9.17, 15) is 0 Å². The molecule has 1 N–H and O–H groups in total. The van der Waals surface area contributed by atoms with Crippen LogP contribution in [0.1, 0.15) is 61.8 Å². The average Bonchev–Trinajstić information content (AvgIpc) is 2.65. The number of nitrogens with one attached hydrogen (secondary N) is 1. The molecule has 18 heavy (non-hydrogen) atoms. The zero-order chi connectivity index (χ0) is 12.8. The van der Waals surface area contributed by atoms with Crippen molar-refractivity contribution in [3.8, 4) is 0 Å². The molecule has 1 fully saturated rings. The van der Waals surface area contributed by atoms with Crippen molar-refractivity contribution in [2.24, 2.45) is 5.92 Å². The minimum Gasteiger partial charge on any atom is -0.316 e. The monoisotopic (exact) mass is 265 g/mol. The molecule has 1 aliphatic carbocycles. The second-order valence-corrected chi connectivity index (χ2v) is 6.62. The lowest BCUT2D eigenvalue weighted by Crippen LogP contribution is -2.27. The van der Waals surface area contributed by atoms with Crippen LogP contribution < -0.4 is 5.32 Å². The van der Waals surface area contributed by atoms with E-state index in [4.69, 9.17) is 0 Å². The first-order chi connectivity index (χ1) is 8.83. The zero-order valence-electron chi connectivity index (χ0n) is 11.9. The van der Waals surface area contributed by atoms with Crippen LogP contribution in [-0.2, 0) is 0 Å². The summed E-state index contributed by atoms with van der Waals surface area (Å²) in [6.45, 7) is 6.93. The Kier molecular flexibility index (Phi) is 5.71. The van der Waals surface area contributed by atoms with E-state index in [-0.39, 0.29) is 0 Å². The van der Waals surface area contributed by atoms with Gasteiger partial charge < -0.3 is 5.32 Å². The summed E-state index contributed by atoms with van der Waals surface area (Å²) in [5.74, 6) is 1.67. The maximum atomic E-state index is 3.65. The lowest BCUT2D eigenvalue weighted by Gasteiger charge is -2.25. The highest BCUT2D eigenvalue weighted by Crippen LogP contribution is 2.39. The van der Waals surface area contributed by atoms with Crippen LogP contribution in [0.2, 0.25) is 0 Å². The molecule has 1 heterocycles. The highest BCUT2D eigenvalue weighted by Gasteiger charge is 2.26. The van der Waals surface area contributed by atoms with E-state index in [1.54, 1.807) is 4.88 Å². The van der Waals surface area contributed by atoms with Gasteiger partial charge in [-0.25, -0.2) is 0 Å². The zero-order valence-corrected chi connectivity index (χ0v) is 12.7. The van der Waals surface area contributed by atoms with Gasteiger partial charge in [0.1, 0.15) is 0 Å². The fourth-order valence-corrected chi connectivity index (χ4v) is 4.36. The standard InChI is InChI=1S/C16H27NS/c1-3-10-17-12-14-7-5-4-6-8-15(14)16-13(2)9-11-18-16/h9,11,14-15,17H,3-8,10,12H2,1-2H3. The molecule has 102 valence electrons. The molecule has 2 rings (SSSR count). The first-order valence-electron chi connectivity index (χ1n) is 7.57. The molecule has 0 spiro atoms. The van der Waals surface area contributed by atoms with Gasteiger partial charge in [0.2, 0.25) is 0 Å². The summed E-state index contributed by atoms with van der Waals surface area (Å²) in [5, 5.41) is 5.92. The molecule has 2 atom stereocenters. The molecule has 1 aliphatic rings. The van der Waals surface area contributed by atoms with Crippen LogP contribution >= 0.6 is 11.3 Å². The largest absolute Gasteiger partial charge is 0.316 e. The van der Waals surface area contributed by atoms with E-state index in [2.05, 4.69) is 30.6 Å². The third-order valence-electron chi connectivity index (χ3n) is 4.23. The molecule has 1 aromatic rings. The highest BCUT2D eigenvalue weighted by atomic mass is 32.1. The quantitative estimate of drug-likeness (QED) is 0.600. The summed E-state index contributed by atoms with van der Waals surface area (Å²) in [4.78, 5) is 1.67. The van der Waals surface area contributed by atoms with Crippen molar-refractivity contribution in [1.29, 1.82) is 0 Å². The molecule has 1 saturated carbocycles. The van der Waals surface area contributed by atoms with Crippen molar-refractivity contribution in [3.63, 3.8) is 0 Å². The van der Waals surface area contributed by atoms with Crippen LogP contribution in [-0.4, -0.2) is 13.1 Å². The molecule has 1 aromatic heterocycles. The number of hydrogen-bond acceptors (Lipinski definition) is 2. The van der Waals surface area contributed by atoms with E-state index in [1.807, 2.05) is 11.3 Å². The van der Waals surface area contributed by atoms with Crippen LogP contribution in [0.4, 0.5) is 0 Å². The van der Waals surface area contributed by atoms with Crippen molar-refractivity contribution in [3.05, 3.63) is 21.9 Å². The maximum absolute atomic E-state index is 3.65. The molecule has 0 saturated heterocycles. The lowest BCUT2D eigenvalue weighted by molar-refractivity contribution is 0.379. The summed E-state index contributed by atoms with van der Waals surface area (Å²) < 4.78 is 0. The van der Waals surface area contributed by atoms with Gasteiger partial charge in [-0.15, -0.1) is 11.3 Å². The molecule has 2 unspecified atom stereocenters. The average molecular weight is 265 g/mol. The Morgan fingerprint density at radius 2 is 2.11 bits per heavy atom. The topological polar surface area (TPSA) is 12.0 Å². The van der Waals surface area contributed by atoms with E-state index in [1.165, 1.54) is 57.2 Å². The van der Waals surface area contributed by atoms with Crippen LogP contribution in [0.25, 0.3) is 0 Å². The highest BCUT2D eigenvalue weighted by molar-refractivity contribution is 7.10. The summed E-state index contributed by atoms with van der Waals surface area (Å²) in [6, 6.07) is 2.29. The minimum atomic E-state index is 0.817. The van der Waals surface area contributed by atoms with Gasteiger partial charge in [-0.1, -0.05) is 26.2 Å². The minimum absolute atomic E-state index is 0.817. The van der Waals surface area contributed by atoms with E-state index < -0.39 is 0 Å². The number of rotatable bonds is 5. The fraction of sp³-hybridized carbons (Fsp3) is 0.750. The Labute approximate surface area is 116 Å². The van der Waals surface area contributed by atoms with Gasteiger partial charge in [-0.2, -0.15) is 0 Å². The van der Waals surface area contributed by atoms with Crippen LogP contribution in [0.3, 0.4) is 0 Å². The normalized spacial score (nSPS) is 25.0. The van der Waals surface area contributed by atoms with Gasteiger partial charge in [0, 0.05) is 4.88 Å². The number of aryl methyl sites for hydroxylation is 1. The van der Waals surface area contributed by atoms with Crippen molar-refractivity contribution in [2.75, 3.05) is 13.1 Å². The lowest BCUT2D eigenvalue weighted by atomic mass is 9.85. The second-order valence-electron chi connectivity index (χ2n) is 5.68. The van der Waals surface area contributed by atoms with Crippen molar-refractivity contribution < 1.29 is 0 Å². The summed E-state index contributed by atoms with van der Waals surface area (Å²) >= 11 is 1.98. The first kappa shape index (κ1) is 14.1. The smallest absolute Gasteiger partial charge is 0.0109 e. The Balaban J connectivity index is 2.04. The number of thiophene rings is 1. The van der Waals surface area contributed by atoms with Crippen LogP contribution in [0.5, 0.6) is 0 Å². The maximum Gasteiger partial charge on any atom is 0.0109 e.